The van der Waals surface area contributed by atoms with E-state index in [0.717, 1.165) is 18.4 Å². The predicted molar refractivity (Wildman–Crippen MR) is 100 cm³/mol. The van der Waals surface area contributed by atoms with E-state index in [1.807, 2.05) is 36.4 Å². The second kappa shape index (κ2) is 9.72. The third-order valence-corrected chi connectivity index (χ3v) is 4.20. The third-order valence-electron chi connectivity index (χ3n) is 4.20. The van der Waals surface area contributed by atoms with Gasteiger partial charge in [0.2, 0.25) is 5.91 Å². The summed E-state index contributed by atoms with van der Waals surface area (Å²) in [6.45, 7) is 2.05. The van der Waals surface area contributed by atoms with Crippen molar-refractivity contribution >= 4 is 5.91 Å². The molecule has 0 aliphatic heterocycles. The number of carbonyl (C=O) groups excluding carboxylic acids is 1. The summed E-state index contributed by atoms with van der Waals surface area (Å²) >= 11 is 0. The molecule has 0 aliphatic rings. The summed E-state index contributed by atoms with van der Waals surface area (Å²) < 4.78 is 10.5. The normalized spacial score (nSPS) is 11.6. The lowest BCUT2D eigenvalue weighted by atomic mass is 10.1. The van der Waals surface area contributed by atoms with Gasteiger partial charge < -0.3 is 14.8 Å². The molecule has 4 nitrogen and oxygen atoms in total. The Labute approximate surface area is 150 Å². The Balaban J connectivity index is 1.76. The monoisotopic (exact) mass is 341 g/mol. The van der Waals surface area contributed by atoms with E-state index >= 15 is 0 Å². The molecule has 0 heterocycles. The molecule has 0 aromatic heterocycles. The number of rotatable bonds is 9. The molecule has 2 aromatic rings. The fourth-order valence-corrected chi connectivity index (χ4v) is 2.74. The van der Waals surface area contributed by atoms with Crippen LogP contribution in [-0.4, -0.2) is 26.2 Å². The lowest BCUT2D eigenvalue weighted by Gasteiger charge is -2.14. The van der Waals surface area contributed by atoms with E-state index in [9.17, 15) is 4.79 Å². The van der Waals surface area contributed by atoms with Gasteiger partial charge in [0.05, 0.1) is 14.2 Å². The SMILES string of the molecule is COc1ccc(CCC(=O)N[C@H](C)CCc2ccccc2)cc1OC. The quantitative estimate of drug-likeness (QED) is 0.755. The molecule has 25 heavy (non-hydrogen) atoms. The Kier molecular flexibility index (Phi) is 7.33. The van der Waals surface area contributed by atoms with Crippen molar-refractivity contribution in [3.05, 3.63) is 59.7 Å². The smallest absolute Gasteiger partial charge is 0.220 e. The minimum absolute atomic E-state index is 0.0790. The maximum Gasteiger partial charge on any atom is 0.220 e. The minimum atomic E-state index is 0.0790. The van der Waals surface area contributed by atoms with E-state index in [-0.39, 0.29) is 11.9 Å². The summed E-state index contributed by atoms with van der Waals surface area (Å²) in [7, 11) is 3.23. The van der Waals surface area contributed by atoms with Crippen LogP contribution in [0.1, 0.15) is 30.9 Å². The van der Waals surface area contributed by atoms with Gasteiger partial charge in [-0.1, -0.05) is 36.4 Å². The number of hydrogen-bond acceptors (Lipinski definition) is 3. The zero-order valence-electron chi connectivity index (χ0n) is 15.2. The first-order valence-electron chi connectivity index (χ1n) is 8.66. The zero-order chi connectivity index (χ0) is 18.1. The minimum Gasteiger partial charge on any atom is -0.493 e. The van der Waals surface area contributed by atoms with Crippen molar-refractivity contribution < 1.29 is 14.3 Å². The number of hydrogen-bond donors (Lipinski definition) is 1. The highest BCUT2D eigenvalue weighted by atomic mass is 16.5. The lowest BCUT2D eigenvalue weighted by molar-refractivity contribution is -0.121. The van der Waals surface area contributed by atoms with Crippen molar-refractivity contribution in [2.24, 2.45) is 0 Å². The van der Waals surface area contributed by atoms with Crippen LogP contribution in [0.25, 0.3) is 0 Å². The Bertz CT molecular complexity index is 670. The van der Waals surface area contributed by atoms with E-state index in [4.69, 9.17) is 9.47 Å². The Hall–Kier alpha value is -2.49. The number of methoxy groups -OCH3 is 2. The molecular weight excluding hydrogens is 314 g/mol. The molecule has 1 N–H and O–H groups in total. The maximum atomic E-state index is 12.1. The Morgan fingerprint density at radius 1 is 0.960 bits per heavy atom. The van der Waals surface area contributed by atoms with Gasteiger partial charge in [-0.25, -0.2) is 0 Å². The van der Waals surface area contributed by atoms with Crippen molar-refractivity contribution in [2.75, 3.05) is 14.2 Å². The Morgan fingerprint density at radius 2 is 1.68 bits per heavy atom. The standard InChI is InChI=1S/C21H27NO3/c1-16(9-10-17-7-5-4-6-8-17)22-21(23)14-12-18-11-13-19(24-2)20(15-18)25-3/h4-8,11,13,15-16H,9-10,12,14H2,1-3H3,(H,22,23)/t16-/m1/s1. The van der Waals surface area contributed by atoms with E-state index in [1.54, 1.807) is 14.2 Å². The summed E-state index contributed by atoms with van der Waals surface area (Å²) in [5.74, 6) is 1.47. The van der Waals surface area contributed by atoms with Crippen molar-refractivity contribution in [3.63, 3.8) is 0 Å². The molecule has 4 heteroatoms. The number of carbonyl (C=O) groups is 1. The molecule has 0 saturated heterocycles. The van der Waals surface area contributed by atoms with E-state index < -0.39 is 0 Å². The van der Waals surface area contributed by atoms with E-state index in [1.165, 1.54) is 5.56 Å². The molecule has 0 unspecified atom stereocenters. The highest BCUT2D eigenvalue weighted by Gasteiger charge is 2.09. The predicted octanol–water partition coefficient (Wildman–Crippen LogP) is 3.77. The van der Waals surface area contributed by atoms with Crippen LogP contribution in [0, 0.1) is 0 Å². The second-order valence-corrected chi connectivity index (χ2v) is 6.18. The molecule has 0 fully saturated rings. The van der Waals surface area contributed by atoms with E-state index in [2.05, 4.69) is 24.4 Å². The van der Waals surface area contributed by atoms with Gasteiger partial charge in [-0.2, -0.15) is 0 Å². The van der Waals surface area contributed by atoms with Gasteiger partial charge in [0.25, 0.3) is 0 Å². The van der Waals surface area contributed by atoms with Crippen LogP contribution in [0.15, 0.2) is 48.5 Å². The van der Waals surface area contributed by atoms with Gasteiger partial charge >= 0.3 is 0 Å². The summed E-state index contributed by atoms with van der Waals surface area (Å²) in [4.78, 5) is 12.1. The number of nitrogens with one attached hydrogen (secondary N) is 1. The number of aryl methyl sites for hydroxylation is 2. The molecule has 0 bridgehead atoms. The van der Waals surface area contributed by atoms with Gasteiger partial charge in [0, 0.05) is 12.5 Å². The van der Waals surface area contributed by atoms with Gasteiger partial charge in [0.1, 0.15) is 0 Å². The summed E-state index contributed by atoms with van der Waals surface area (Å²) in [5.41, 5.74) is 2.36. The van der Waals surface area contributed by atoms with E-state index in [0.29, 0.717) is 24.3 Å². The average molecular weight is 341 g/mol. The molecule has 0 spiro atoms. The summed E-state index contributed by atoms with van der Waals surface area (Å²) in [6, 6.07) is 16.3. The van der Waals surface area contributed by atoms with Gasteiger partial charge in [-0.15, -0.1) is 0 Å². The number of benzene rings is 2. The van der Waals surface area contributed by atoms with Crippen LogP contribution in [0.4, 0.5) is 0 Å². The van der Waals surface area contributed by atoms with Crippen LogP contribution in [0.5, 0.6) is 11.5 Å². The second-order valence-electron chi connectivity index (χ2n) is 6.18. The molecule has 0 saturated carbocycles. The Morgan fingerprint density at radius 3 is 2.36 bits per heavy atom. The van der Waals surface area contributed by atoms with Crippen molar-refractivity contribution in [2.45, 2.75) is 38.6 Å². The van der Waals surface area contributed by atoms with Crippen molar-refractivity contribution in [1.29, 1.82) is 0 Å². The lowest BCUT2D eigenvalue weighted by Crippen LogP contribution is -2.33. The average Bonchev–Trinajstić information content (AvgIpc) is 2.65. The van der Waals surface area contributed by atoms with Crippen LogP contribution >= 0.6 is 0 Å². The van der Waals surface area contributed by atoms with Crippen molar-refractivity contribution in [1.82, 2.24) is 5.32 Å². The van der Waals surface area contributed by atoms with Crippen LogP contribution in [0.3, 0.4) is 0 Å². The molecule has 134 valence electrons. The number of amides is 1. The molecule has 0 radical (unpaired) electrons. The molecule has 2 aromatic carbocycles. The maximum absolute atomic E-state index is 12.1. The first-order chi connectivity index (χ1) is 12.1. The fourth-order valence-electron chi connectivity index (χ4n) is 2.74. The van der Waals surface area contributed by atoms with Crippen LogP contribution in [0.2, 0.25) is 0 Å². The molecule has 1 atom stereocenters. The topological polar surface area (TPSA) is 47.6 Å². The summed E-state index contributed by atoms with van der Waals surface area (Å²) in [5, 5.41) is 3.08. The van der Waals surface area contributed by atoms with Gasteiger partial charge in [-0.3, -0.25) is 4.79 Å². The molecule has 0 aliphatic carbocycles. The van der Waals surface area contributed by atoms with Crippen LogP contribution < -0.4 is 14.8 Å². The molecule has 1 amide bonds. The van der Waals surface area contributed by atoms with Crippen LogP contribution in [-0.2, 0) is 17.6 Å². The molecular formula is C21H27NO3. The fraction of sp³-hybridized carbons (Fsp3) is 0.381. The molecule has 2 rings (SSSR count). The summed E-state index contributed by atoms with van der Waals surface area (Å²) in [6.07, 6.45) is 3.05. The first kappa shape index (κ1) is 18.8. The number of ether oxygens (including phenoxy) is 2. The highest BCUT2D eigenvalue weighted by Crippen LogP contribution is 2.27. The van der Waals surface area contributed by atoms with Gasteiger partial charge in [0.15, 0.2) is 11.5 Å². The zero-order valence-corrected chi connectivity index (χ0v) is 15.2. The van der Waals surface area contributed by atoms with Gasteiger partial charge in [-0.05, 0) is 49.4 Å². The first-order valence-corrected chi connectivity index (χ1v) is 8.66. The largest absolute Gasteiger partial charge is 0.493 e. The van der Waals surface area contributed by atoms with Crippen molar-refractivity contribution in [3.8, 4) is 11.5 Å². The highest BCUT2D eigenvalue weighted by molar-refractivity contribution is 5.76. The third kappa shape index (κ3) is 6.14.